The molecule has 0 spiro atoms. The molecule has 0 radical (unpaired) electrons. The lowest BCUT2D eigenvalue weighted by Crippen LogP contribution is -2.30. The van der Waals surface area contributed by atoms with Crippen molar-refractivity contribution in [1.29, 1.82) is 0 Å². The summed E-state index contributed by atoms with van der Waals surface area (Å²) in [6.45, 7) is 1.17. The number of fused-ring (bicyclic) bond motifs is 3. The van der Waals surface area contributed by atoms with Crippen molar-refractivity contribution in [3.05, 3.63) is 51.9 Å². The van der Waals surface area contributed by atoms with E-state index in [9.17, 15) is 4.79 Å². The van der Waals surface area contributed by atoms with Crippen LogP contribution in [-0.4, -0.2) is 22.3 Å². The number of benzene rings is 1. The van der Waals surface area contributed by atoms with Crippen molar-refractivity contribution in [3.8, 4) is 11.8 Å². The van der Waals surface area contributed by atoms with Crippen LogP contribution in [0.25, 0.3) is 0 Å². The summed E-state index contributed by atoms with van der Waals surface area (Å²) in [6, 6.07) is 10.9. The van der Waals surface area contributed by atoms with E-state index in [1.54, 1.807) is 6.07 Å². The van der Waals surface area contributed by atoms with Gasteiger partial charge in [0.05, 0.1) is 6.54 Å². The van der Waals surface area contributed by atoms with Crippen LogP contribution in [0.15, 0.2) is 35.1 Å². The molecule has 0 saturated heterocycles. The van der Waals surface area contributed by atoms with Gasteiger partial charge < -0.3 is 9.47 Å². The molecule has 158 valence electrons. The largest absolute Gasteiger partial charge is 0.490 e. The molecule has 5 nitrogen and oxygen atoms in total. The number of hydrogen-bond donors (Lipinski definition) is 0. The second kappa shape index (κ2) is 7.44. The number of hydrogen-bond acceptors (Lipinski definition) is 4. The fourth-order valence-corrected chi connectivity index (χ4v) is 6.17. The lowest BCUT2D eigenvalue weighted by molar-refractivity contribution is 0.143. The van der Waals surface area contributed by atoms with E-state index in [2.05, 4.69) is 33.8 Å². The zero-order valence-corrected chi connectivity index (χ0v) is 17.5. The van der Waals surface area contributed by atoms with Crippen LogP contribution in [0.3, 0.4) is 0 Å². The lowest BCUT2D eigenvalue weighted by Gasteiger charge is -2.43. The summed E-state index contributed by atoms with van der Waals surface area (Å²) in [5.74, 6) is 3.90. The fourth-order valence-electron chi connectivity index (χ4n) is 6.17. The first-order valence-electron chi connectivity index (χ1n) is 11.8. The van der Waals surface area contributed by atoms with Crippen LogP contribution in [0.1, 0.15) is 74.5 Å². The molecule has 0 N–H and O–H groups in total. The average molecular weight is 407 g/mol. The van der Waals surface area contributed by atoms with Crippen LogP contribution in [0.4, 0.5) is 0 Å². The Morgan fingerprint density at radius 3 is 2.37 bits per heavy atom. The second-order valence-electron chi connectivity index (χ2n) is 9.71. The van der Waals surface area contributed by atoms with Crippen LogP contribution in [0.5, 0.6) is 11.8 Å². The summed E-state index contributed by atoms with van der Waals surface area (Å²) in [4.78, 5) is 15.9. The summed E-state index contributed by atoms with van der Waals surface area (Å²) in [5.41, 5.74) is 2.38. The number of ether oxygens (including phenoxy) is 2. The first-order chi connectivity index (χ1) is 14.7. The van der Waals surface area contributed by atoms with E-state index < -0.39 is 0 Å². The van der Waals surface area contributed by atoms with Gasteiger partial charge in [-0.3, -0.25) is 9.36 Å². The first-order valence-corrected chi connectivity index (χ1v) is 11.8. The van der Waals surface area contributed by atoms with Gasteiger partial charge in [-0.1, -0.05) is 25.0 Å². The van der Waals surface area contributed by atoms with Crippen molar-refractivity contribution in [2.75, 3.05) is 6.61 Å². The predicted octanol–water partition coefficient (Wildman–Crippen LogP) is 4.64. The van der Waals surface area contributed by atoms with Gasteiger partial charge in [0.25, 0.3) is 11.6 Å². The smallest absolute Gasteiger partial charge is 0.300 e. The molecule has 1 unspecified atom stereocenters. The minimum atomic E-state index is -0.201. The van der Waals surface area contributed by atoms with Crippen LogP contribution in [0.2, 0.25) is 0 Å². The highest BCUT2D eigenvalue weighted by molar-refractivity contribution is 5.31. The molecule has 5 heteroatoms. The minimum absolute atomic E-state index is 0.103. The fraction of sp³-hybridized carbons (Fsp3) is 0.600. The summed E-state index contributed by atoms with van der Waals surface area (Å²) in [6.07, 6.45) is 10.6. The Morgan fingerprint density at radius 1 is 1.00 bits per heavy atom. The van der Waals surface area contributed by atoms with Crippen molar-refractivity contribution in [2.45, 2.75) is 75.9 Å². The van der Waals surface area contributed by atoms with Crippen molar-refractivity contribution >= 4 is 0 Å². The van der Waals surface area contributed by atoms with E-state index in [4.69, 9.17) is 9.47 Å². The maximum absolute atomic E-state index is 11.9. The topological polar surface area (TPSA) is 53.4 Å². The highest BCUT2D eigenvalue weighted by Crippen LogP contribution is 2.50. The molecule has 1 aromatic carbocycles. The van der Waals surface area contributed by atoms with Gasteiger partial charge in [-0.25, -0.2) is 0 Å². The van der Waals surface area contributed by atoms with E-state index in [-0.39, 0.29) is 11.7 Å². The zero-order valence-electron chi connectivity index (χ0n) is 17.5. The highest BCUT2D eigenvalue weighted by Gasteiger charge is 2.37. The molecule has 3 aliphatic carbocycles. The number of rotatable bonds is 5. The SMILES string of the molecule is O=c1cc(C2CC2)n2c(n1)OC(COc1ccc(C3C4CCCC3CCC4)cc1)C2. The standard InChI is InChI=1S/C25H30N2O3/c28-23-13-22(16-7-8-16)27-14-21(30-25(27)26-23)15-29-20-11-9-19(10-12-20)24-17-3-1-4-18(24)6-2-5-17/h9-13,16-18,21,24H,1-8,14-15H2. The maximum Gasteiger partial charge on any atom is 0.300 e. The minimum Gasteiger partial charge on any atom is -0.490 e. The van der Waals surface area contributed by atoms with E-state index in [1.807, 2.05) is 0 Å². The molecule has 2 aromatic rings. The molecule has 3 saturated carbocycles. The average Bonchev–Trinajstić information content (AvgIpc) is 3.51. The molecule has 4 aliphatic rings. The van der Waals surface area contributed by atoms with E-state index >= 15 is 0 Å². The third kappa shape index (κ3) is 3.42. The Morgan fingerprint density at radius 2 is 1.70 bits per heavy atom. The van der Waals surface area contributed by atoms with Crippen LogP contribution >= 0.6 is 0 Å². The molecule has 2 heterocycles. The van der Waals surface area contributed by atoms with E-state index in [1.165, 1.54) is 44.1 Å². The molecule has 1 aliphatic heterocycles. The molecular weight excluding hydrogens is 376 g/mol. The van der Waals surface area contributed by atoms with Gasteiger partial charge in [-0.2, -0.15) is 4.98 Å². The van der Waals surface area contributed by atoms with Gasteiger partial charge >= 0.3 is 0 Å². The molecular formula is C25H30N2O3. The van der Waals surface area contributed by atoms with Gasteiger partial charge in [0.2, 0.25) is 0 Å². The molecule has 0 amide bonds. The normalized spacial score (nSPS) is 29.9. The molecule has 6 rings (SSSR count). The van der Waals surface area contributed by atoms with Crippen LogP contribution < -0.4 is 15.0 Å². The second-order valence-corrected chi connectivity index (χ2v) is 9.71. The molecule has 1 aromatic heterocycles. The van der Waals surface area contributed by atoms with Crippen LogP contribution in [0, 0.1) is 11.8 Å². The Bertz CT molecular complexity index is 957. The van der Waals surface area contributed by atoms with Gasteiger partial charge in [0.1, 0.15) is 12.4 Å². The Kier molecular flexibility index (Phi) is 4.58. The number of nitrogens with zero attached hydrogens (tertiary/aromatic N) is 2. The van der Waals surface area contributed by atoms with Gasteiger partial charge in [0, 0.05) is 11.8 Å². The van der Waals surface area contributed by atoms with E-state index in [0.29, 0.717) is 25.1 Å². The maximum atomic E-state index is 11.9. The quantitative estimate of drug-likeness (QED) is 0.726. The van der Waals surface area contributed by atoms with Crippen molar-refractivity contribution in [2.24, 2.45) is 11.8 Å². The third-order valence-corrected chi connectivity index (χ3v) is 7.69. The van der Waals surface area contributed by atoms with Crippen molar-refractivity contribution in [3.63, 3.8) is 0 Å². The molecule has 1 atom stereocenters. The highest BCUT2D eigenvalue weighted by atomic mass is 16.6. The Labute approximate surface area is 177 Å². The summed E-state index contributed by atoms with van der Waals surface area (Å²) in [5, 5.41) is 0. The zero-order chi connectivity index (χ0) is 20.1. The van der Waals surface area contributed by atoms with Crippen molar-refractivity contribution < 1.29 is 9.47 Å². The molecule has 30 heavy (non-hydrogen) atoms. The van der Waals surface area contributed by atoms with Gasteiger partial charge in [-0.15, -0.1) is 0 Å². The Hall–Kier alpha value is -2.30. The number of aromatic nitrogens is 2. The van der Waals surface area contributed by atoms with E-state index in [0.717, 1.165) is 42.0 Å². The lowest BCUT2D eigenvalue weighted by atomic mass is 9.62. The summed E-state index contributed by atoms with van der Waals surface area (Å²) >= 11 is 0. The molecule has 3 fully saturated rings. The van der Waals surface area contributed by atoms with Gasteiger partial charge in [-0.05, 0) is 79.9 Å². The summed E-state index contributed by atoms with van der Waals surface area (Å²) in [7, 11) is 0. The monoisotopic (exact) mass is 406 g/mol. The molecule has 2 bridgehead atoms. The predicted molar refractivity (Wildman–Crippen MR) is 114 cm³/mol. The summed E-state index contributed by atoms with van der Waals surface area (Å²) < 4.78 is 14.1. The Balaban J connectivity index is 1.10. The third-order valence-electron chi connectivity index (χ3n) is 7.69. The first kappa shape index (κ1) is 18.5. The van der Waals surface area contributed by atoms with Crippen molar-refractivity contribution in [1.82, 2.24) is 9.55 Å². The van der Waals surface area contributed by atoms with Gasteiger partial charge in [0.15, 0.2) is 6.10 Å². The van der Waals surface area contributed by atoms with Crippen LogP contribution in [-0.2, 0) is 6.54 Å².